The number of nitrogens with one attached hydrogen (secondary N) is 1. The Hall–Kier alpha value is -2.67. The monoisotopic (exact) mass is 302 g/mol. The van der Waals surface area contributed by atoms with Gasteiger partial charge < -0.3 is 20.4 Å². The van der Waals surface area contributed by atoms with Crippen LogP contribution in [-0.4, -0.2) is 34.1 Å². The number of primary amides is 1. The summed E-state index contributed by atoms with van der Waals surface area (Å²) in [6.45, 7) is 3.66. The highest BCUT2D eigenvalue weighted by atomic mass is 16.5. The van der Waals surface area contributed by atoms with Crippen molar-refractivity contribution in [3.05, 3.63) is 42.5 Å². The van der Waals surface area contributed by atoms with Crippen LogP contribution in [0.15, 0.2) is 36.9 Å². The molecule has 0 fully saturated rings. The van der Waals surface area contributed by atoms with E-state index in [1.165, 1.54) is 0 Å². The molecule has 0 unspecified atom stereocenters. The van der Waals surface area contributed by atoms with Crippen LogP contribution in [0.25, 0.3) is 5.69 Å². The molecule has 2 rings (SSSR count). The van der Waals surface area contributed by atoms with Crippen LogP contribution in [0.5, 0.6) is 0 Å². The van der Waals surface area contributed by atoms with Crippen LogP contribution in [0, 0.1) is 0 Å². The molecule has 0 saturated heterocycles. The lowest BCUT2D eigenvalue weighted by molar-refractivity contribution is -0.121. The molecule has 1 aromatic carbocycles. The lowest BCUT2D eigenvalue weighted by Crippen LogP contribution is -2.21. The normalized spacial score (nSPS) is 10.7. The molecule has 1 aromatic heterocycles. The molecule has 0 saturated carbocycles. The minimum atomic E-state index is -0.539. The average Bonchev–Trinajstić information content (AvgIpc) is 2.99. The van der Waals surface area contributed by atoms with Crippen molar-refractivity contribution in [2.24, 2.45) is 5.73 Å². The number of carbonyl (C=O) groups is 2. The zero-order chi connectivity index (χ0) is 16.1. The summed E-state index contributed by atoms with van der Waals surface area (Å²) in [4.78, 5) is 27.2. The van der Waals surface area contributed by atoms with E-state index in [9.17, 15) is 9.59 Å². The zero-order valence-electron chi connectivity index (χ0n) is 12.4. The molecule has 0 aliphatic heterocycles. The Balaban J connectivity index is 2.27. The van der Waals surface area contributed by atoms with Gasteiger partial charge in [0, 0.05) is 18.0 Å². The molecule has 2 amide bonds. The second-order valence-corrected chi connectivity index (χ2v) is 4.97. The van der Waals surface area contributed by atoms with E-state index in [-0.39, 0.29) is 18.6 Å². The van der Waals surface area contributed by atoms with Crippen molar-refractivity contribution in [2.45, 2.75) is 20.0 Å². The number of rotatable bonds is 6. The molecule has 0 spiro atoms. The number of carbonyl (C=O) groups excluding carboxylic acids is 2. The molecule has 7 nitrogen and oxygen atoms in total. The summed E-state index contributed by atoms with van der Waals surface area (Å²) in [6.07, 6.45) is 4.85. The number of amides is 2. The highest BCUT2D eigenvalue weighted by Crippen LogP contribution is 2.22. The molecule has 22 heavy (non-hydrogen) atoms. The van der Waals surface area contributed by atoms with E-state index < -0.39 is 5.91 Å². The SMILES string of the molecule is CC(C)OCC(=O)Nc1ccc(C(N)=O)cc1-n1ccnc1. The molecular weight excluding hydrogens is 284 g/mol. The second-order valence-electron chi connectivity index (χ2n) is 4.97. The van der Waals surface area contributed by atoms with Crippen LogP contribution in [0.2, 0.25) is 0 Å². The van der Waals surface area contributed by atoms with E-state index in [2.05, 4.69) is 10.3 Å². The summed E-state index contributed by atoms with van der Waals surface area (Å²) < 4.78 is 6.95. The number of nitrogens with zero attached hydrogens (tertiary/aromatic N) is 2. The maximum Gasteiger partial charge on any atom is 0.250 e. The van der Waals surface area contributed by atoms with Gasteiger partial charge in [0.05, 0.1) is 23.8 Å². The van der Waals surface area contributed by atoms with E-state index in [0.29, 0.717) is 16.9 Å². The van der Waals surface area contributed by atoms with Crippen molar-refractivity contribution in [1.82, 2.24) is 9.55 Å². The Morgan fingerprint density at radius 1 is 1.41 bits per heavy atom. The van der Waals surface area contributed by atoms with E-state index in [0.717, 1.165) is 0 Å². The first-order chi connectivity index (χ1) is 10.5. The Morgan fingerprint density at radius 3 is 2.77 bits per heavy atom. The third kappa shape index (κ3) is 3.92. The van der Waals surface area contributed by atoms with Gasteiger partial charge >= 0.3 is 0 Å². The first-order valence-electron chi connectivity index (χ1n) is 6.81. The number of aromatic nitrogens is 2. The highest BCUT2D eigenvalue weighted by Gasteiger charge is 2.12. The summed E-state index contributed by atoms with van der Waals surface area (Å²) in [5.41, 5.74) is 6.79. The standard InChI is InChI=1S/C15H18N4O3/c1-10(2)22-8-14(20)18-12-4-3-11(15(16)21)7-13(12)19-6-5-17-9-19/h3-7,9-10H,8H2,1-2H3,(H2,16,21)(H,18,20). The van der Waals surface area contributed by atoms with E-state index in [1.54, 1.807) is 41.5 Å². The van der Waals surface area contributed by atoms with E-state index >= 15 is 0 Å². The molecule has 0 radical (unpaired) electrons. The molecule has 0 aliphatic rings. The van der Waals surface area contributed by atoms with Gasteiger partial charge in [-0.25, -0.2) is 4.98 Å². The van der Waals surface area contributed by atoms with Crippen molar-refractivity contribution < 1.29 is 14.3 Å². The molecule has 1 heterocycles. The maximum atomic E-state index is 11.9. The lowest BCUT2D eigenvalue weighted by atomic mass is 10.1. The number of imidazole rings is 1. The summed E-state index contributed by atoms with van der Waals surface area (Å²) in [6, 6.07) is 4.79. The molecule has 0 atom stereocenters. The van der Waals surface area contributed by atoms with Crippen LogP contribution in [0.1, 0.15) is 24.2 Å². The number of anilines is 1. The van der Waals surface area contributed by atoms with Gasteiger partial charge in [-0.1, -0.05) is 0 Å². The number of hydrogen-bond acceptors (Lipinski definition) is 4. The number of ether oxygens (including phenoxy) is 1. The number of benzene rings is 1. The molecule has 3 N–H and O–H groups in total. The molecule has 2 aromatic rings. The zero-order valence-corrected chi connectivity index (χ0v) is 12.4. The van der Waals surface area contributed by atoms with E-state index in [4.69, 9.17) is 10.5 Å². The molecule has 0 bridgehead atoms. The van der Waals surface area contributed by atoms with Gasteiger partial charge in [0.25, 0.3) is 0 Å². The summed E-state index contributed by atoms with van der Waals surface area (Å²) in [5, 5.41) is 2.76. The quantitative estimate of drug-likeness (QED) is 0.841. The summed E-state index contributed by atoms with van der Waals surface area (Å²) in [7, 11) is 0. The fraction of sp³-hybridized carbons (Fsp3) is 0.267. The van der Waals surface area contributed by atoms with Gasteiger partial charge in [-0.2, -0.15) is 0 Å². The van der Waals surface area contributed by atoms with Crippen LogP contribution in [0.3, 0.4) is 0 Å². The van der Waals surface area contributed by atoms with Crippen molar-refractivity contribution in [3.63, 3.8) is 0 Å². The Labute approximate surface area is 128 Å². The van der Waals surface area contributed by atoms with Crippen molar-refractivity contribution in [1.29, 1.82) is 0 Å². The Bertz CT molecular complexity index is 665. The largest absolute Gasteiger partial charge is 0.369 e. The molecule has 0 aliphatic carbocycles. The summed E-state index contributed by atoms with van der Waals surface area (Å²) in [5.74, 6) is -0.815. The van der Waals surface area contributed by atoms with Gasteiger partial charge in [-0.05, 0) is 32.0 Å². The van der Waals surface area contributed by atoms with Gasteiger partial charge in [-0.15, -0.1) is 0 Å². The van der Waals surface area contributed by atoms with Crippen molar-refractivity contribution in [3.8, 4) is 5.69 Å². The lowest BCUT2D eigenvalue weighted by Gasteiger charge is -2.13. The van der Waals surface area contributed by atoms with Gasteiger partial charge in [0.1, 0.15) is 6.61 Å². The van der Waals surface area contributed by atoms with Crippen molar-refractivity contribution >= 4 is 17.5 Å². The smallest absolute Gasteiger partial charge is 0.250 e. The minimum Gasteiger partial charge on any atom is -0.369 e. The van der Waals surface area contributed by atoms with Gasteiger partial charge in [-0.3, -0.25) is 9.59 Å². The minimum absolute atomic E-state index is 0.0314. The Kier molecular flexibility index (Phi) is 4.90. The third-order valence-corrected chi connectivity index (χ3v) is 2.89. The Morgan fingerprint density at radius 2 is 2.18 bits per heavy atom. The fourth-order valence-electron chi connectivity index (χ4n) is 1.83. The van der Waals surface area contributed by atoms with E-state index in [1.807, 2.05) is 13.8 Å². The predicted molar refractivity (Wildman–Crippen MR) is 81.8 cm³/mol. The third-order valence-electron chi connectivity index (χ3n) is 2.89. The summed E-state index contributed by atoms with van der Waals surface area (Å²) >= 11 is 0. The first kappa shape index (κ1) is 15.7. The fourth-order valence-corrected chi connectivity index (χ4v) is 1.83. The average molecular weight is 302 g/mol. The van der Waals surface area contributed by atoms with Gasteiger partial charge in [0.2, 0.25) is 11.8 Å². The van der Waals surface area contributed by atoms with Crippen LogP contribution >= 0.6 is 0 Å². The number of nitrogens with two attached hydrogens (primary N) is 1. The molecule has 116 valence electrons. The van der Waals surface area contributed by atoms with Crippen molar-refractivity contribution in [2.75, 3.05) is 11.9 Å². The topological polar surface area (TPSA) is 99.2 Å². The van der Waals surface area contributed by atoms with Gasteiger partial charge in [0.15, 0.2) is 0 Å². The number of hydrogen-bond donors (Lipinski definition) is 2. The predicted octanol–water partition coefficient (Wildman–Crippen LogP) is 1.33. The second kappa shape index (κ2) is 6.86. The van der Waals surface area contributed by atoms with Crippen LogP contribution in [0.4, 0.5) is 5.69 Å². The first-order valence-corrected chi connectivity index (χ1v) is 6.81. The van der Waals surface area contributed by atoms with Crippen LogP contribution < -0.4 is 11.1 Å². The maximum absolute atomic E-state index is 11.9. The highest BCUT2D eigenvalue weighted by molar-refractivity contribution is 5.97. The van der Waals surface area contributed by atoms with Crippen LogP contribution in [-0.2, 0) is 9.53 Å². The molecular formula is C15H18N4O3. The molecule has 7 heteroatoms.